The zero-order valence-corrected chi connectivity index (χ0v) is 11.6. The Hall–Kier alpha value is -1.95. The van der Waals surface area contributed by atoms with Gasteiger partial charge in [0.2, 0.25) is 5.95 Å². The van der Waals surface area contributed by atoms with Crippen molar-refractivity contribution in [1.82, 2.24) is 14.8 Å². The number of hydrogen-bond donors (Lipinski definition) is 1. The molecule has 110 valence electrons. The molecule has 3 heterocycles. The van der Waals surface area contributed by atoms with Crippen molar-refractivity contribution in [3.63, 3.8) is 0 Å². The second-order valence-corrected chi connectivity index (χ2v) is 5.54. The normalized spacial score (nSPS) is 24.6. The fourth-order valence-corrected chi connectivity index (χ4v) is 3.10. The number of fused-ring (bicyclic) bond motifs is 1. The van der Waals surface area contributed by atoms with Crippen LogP contribution in [-0.2, 0) is 4.74 Å². The number of nitrogens with one attached hydrogen (secondary N) is 1. The zero-order valence-electron chi connectivity index (χ0n) is 11.6. The van der Waals surface area contributed by atoms with Crippen molar-refractivity contribution in [3.8, 4) is 11.4 Å². The molecule has 4 rings (SSSR count). The molecular weight excluding hydrogens is 271 g/mol. The second kappa shape index (κ2) is 5.11. The van der Waals surface area contributed by atoms with E-state index in [0.717, 1.165) is 43.9 Å². The molecule has 5 nitrogen and oxygen atoms in total. The van der Waals surface area contributed by atoms with Gasteiger partial charge in [-0.2, -0.15) is 4.98 Å². The standard InChI is InChI=1S/C15H17FN4O/c16-11-5-3-10(4-6-11)14-18-15-17-8-7-12(20(15)19-14)13-2-1-9-21-13/h3-6,12-13H,1-2,7-9H2,(H,17,18,19). The van der Waals surface area contributed by atoms with E-state index in [9.17, 15) is 4.39 Å². The van der Waals surface area contributed by atoms with Crippen LogP contribution in [0.1, 0.15) is 25.3 Å². The SMILES string of the molecule is Fc1ccc(-c2nc3n(n2)C(C2CCCO2)CCN3)cc1. The van der Waals surface area contributed by atoms with Gasteiger partial charge in [0.1, 0.15) is 5.82 Å². The number of hydrogen-bond acceptors (Lipinski definition) is 4. The molecule has 1 saturated heterocycles. The van der Waals surface area contributed by atoms with Crippen molar-refractivity contribution in [3.05, 3.63) is 30.1 Å². The van der Waals surface area contributed by atoms with Crippen LogP contribution in [0.2, 0.25) is 0 Å². The van der Waals surface area contributed by atoms with Crippen LogP contribution in [0.3, 0.4) is 0 Å². The average molecular weight is 288 g/mol. The molecular formula is C15H17FN4O. The lowest BCUT2D eigenvalue weighted by atomic mass is 10.0. The molecule has 1 aromatic carbocycles. The molecule has 0 bridgehead atoms. The fraction of sp³-hybridized carbons (Fsp3) is 0.467. The van der Waals surface area contributed by atoms with E-state index in [4.69, 9.17) is 4.74 Å². The van der Waals surface area contributed by atoms with Gasteiger partial charge < -0.3 is 10.1 Å². The van der Waals surface area contributed by atoms with Crippen LogP contribution in [0.4, 0.5) is 10.3 Å². The maximum absolute atomic E-state index is 13.0. The van der Waals surface area contributed by atoms with E-state index in [1.54, 1.807) is 12.1 Å². The highest BCUT2D eigenvalue weighted by molar-refractivity contribution is 5.56. The third kappa shape index (κ3) is 2.29. The lowest BCUT2D eigenvalue weighted by Crippen LogP contribution is -2.32. The number of benzene rings is 1. The largest absolute Gasteiger partial charge is 0.376 e. The number of halogens is 1. The molecule has 1 N–H and O–H groups in total. The van der Waals surface area contributed by atoms with Crippen molar-refractivity contribution >= 4 is 5.95 Å². The Morgan fingerprint density at radius 3 is 2.86 bits per heavy atom. The van der Waals surface area contributed by atoms with E-state index in [1.807, 2.05) is 4.68 Å². The second-order valence-electron chi connectivity index (χ2n) is 5.54. The van der Waals surface area contributed by atoms with Gasteiger partial charge >= 0.3 is 0 Å². The molecule has 2 atom stereocenters. The van der Waals surface area contributed by atoms with E-state index >= 15 is 0 Å². The molecule has 0 amide bonds. The first kappa shape index (κ1) is 12.8. The highest BCUT2D eigenvalue weighted by Crippen LogP contribution is 2.32. The Labute approximate surface area is 122 Å². The van der Waals surface area contributed by atoms with Gasteiger partial charge in [0, 0.05) is 18.7 Å². The molecule has 21 heavy (non-hydrogen) atoms. The molecule has 2 unspecified atom stereocenters. The summed E-state index contributed by atoms with van der Waals surface area (Å²) in [5, 5.41) is 7.89. The van der Waals surface area contributed by atoms with Gasteiger partial charge in [-0.3, -0.25) is 0 Å². The first-order valence-electron chi connectivity index (χ1n) is 7.39. The maximum atomic E-state index is 13.0. The Morgan fingerprint density at radius 1 is 1.24 bits per heavy atom. The van der Waals surface area contributed by atoms with Crippen LogP contribution in [0.15, 0.2) is 24.3 Å². The lowest BCUT2D eigenvalue weighted by Gasteiger charge is -2.28. The van der Waals surface area contributed by atoms with Crippen molar-refractivity contribution in [1.29, 1.82) is 0 Å². The first-order valence-corrected chi connectivity index (χ1v) is 7.39. The highest BCUT2D eigenvalue weighted by Gasteiger charge is 2.32. The lowest BCUT2D eigenvalue weighted by molar-refractivity contribution is 0.0591. The van der Waals surface area contributed by atoms with Crippen LogP contribution in [0.25, 0.3) is 11.4 Å². The molecule has 1 aromatic heterocycles. The monoisotopic (exact) mass is 288 g/mol. The van der Waals surface area contributed by atoms with Gasteiger partial charge in [-0.05, 0) is 43.5 Å². The summed E-state index contributed by atoms with van der Waals surface area (Å²) < 4.78 is 20.8. The summed E-state index contributed by atoms with van der Waals surface area (Å²) >= 11 is 0. The Bertz CT molecular complexity index is 634. The quantitative estimate of drug-likeness (QED) is 0.923. The van der Waals surface area contributed by atoms with E-state index in [1.165, 1.54) is 12.1 Å². The van der Waals surface area contributed by atoms with Gasteiger partial charge in [-0.25, -0.2) is 9.07 Å². The number of anilines is 1. The van der Waals surface area contributed by atoms with Crippen LogP contribution in [-0.4, -0.2) is 34.0 Å². The molecule has 0 saturated carbocycles. The fourth-order valence-electron chi connectivity index (χ4n) is 3.10. The summed E-state index contributed by atoms with van der Waals surface area (Å²) in [5.41, 5.74) is 0.825. The van der Waals surface area contributed by atoms with Crippen molar-refractivity contribution in [2.24, 2.45) is 0 Å². The van der Waals surface area contributed by atoms with Crippen LogP contribution >= 0.6 is 0 Å². The third-order valence-corrected chi connectivity index (χ3v) is 4.17. The molecule has 0 radical (unpaired) electrons. The smallest absolute Gasteiger partial charge is 0.222 e. The van der Waals surface area contributed by atoms with E-state index in [2.05, 4.69) is 15.4 Å². The molecule has 0 spiro atoms. The van der Waals surface area contributed by atoms with Gasteiger partial charge in [-0.1, -0.05) is 0 Å². The first-order chi connectivity index (χ1) is 10.3. The molecule has 1 fully saturated rings. The van der Waals surface area contributed by atoms with E-state index in [-0.39, 0.29) is 18.0 Å². The average Bonchev–Trinajstić information content (AvgIpc) is 3.17. The van der Waals surface area contributed by atoms with Gasteiger partial charge in [-0.15, -0.1) is 5.10 Å². The molecule has 2 aliphatic rings. The zero-order chi connectivity index (χ0) is 14.2. The van der Waals surface area contributed by atoms with Crippen molar-refractivity contribution in [2.75, 3.05) is 18.5 Å². The predicted octanol–water partition coefficient (Wildman–Crippen LogP) is 2.62. The molecule has 2 aliphatic heterocycles. The van der Waals surface area contributed by atoms with Crippen LogP contribution in [0.5, 0.6) is 0 Å². The van der Waals surface area contributed by atoms with E-state index in [0.29, 0.717) is 5.82 Å². The summed E-state index contributed by atoms with van der Waals surface area (Å²) in [6.07, 6.45) is 3.41. The Morgan fingerprint density at radius 2 is 2.10 bits per heavy atom. The Balaban J connectivity index is 1.68. The van der Waals surface area contributed by atoms with Crippen LogP contribution in [0, 0.1) is 5.82 Å². The van der Waals surface area contributed by atoms with Gasteiger partial charge in [0.25, 0.3) is 0 Å². The van der Waals surface area contributed by atoms with Gasteiger partial charge in [0.15, 0.2) is 5.82 Å². The summed E-state index contributed by atoms with van der Waals surface area (Å²) in [4.78, 5) is 4.54. The van der Waals surface area contributed by atoms with Crippen molar-refractivity contribution < 1.29 is 9.13 Å². The number of aromatic nitrogens is 3. The molecule has 0 aliphatic carbocycles. The molecule has 6 heteroatoms. The Kier molecular flexibility index (Phi) is 3.11. The van der Waals surface area contributed by atoms with Crippen molar-refractivity contribution in [2.45, 2.75) is 31.4 Å². The number of nitrogens with zero attached hydrogens (tertiary/aromatic N) is 3. The summed E-state index contributed by atoms with van der Waals surface area (Å²) in [5.74, 6) is 1.15. The maximum Gasteiger partial charge on any atom is 0.222 e. The summed E-state index contributed by atoms with van der Waals surface area (Å²) in [7, 11) is 0. The highest BCUT2D eigenvalue weighted by atomic mass is 19.1. The minimum Gasteiger partial charge on any atom is -0.376 e. The number of rotatable bonds is 2. The third-order valence-electron chi connectivity index (χ3n) is 4.17. The van der Waals surface area contributed by atoms with E-state index < -0.39 is 0 Å². The minimum atomic E-state index is -0.252. The van der Waals surface area contributed by atoms with Gasteiger partial charge in [0.05, 0.1) is 12.1 Å². The minimum absolute atomic E-state index is 0.230. The topological polar surface area (TPSA) is 52.0 Å². The summed E-state index contributed by atoms with van der Waals surface area (Å²) in [6.45, 7) is 1.72. The summed E-state index contributed by atoms with van der Waals surface area (Å²) in [6, 6.07) is 6.52. The number of ether oxygens (including phenoxy) is 1. The predicted molar refractivity (Wildman–Crippen MR) is 76.5 cm³/mol. The van der Waals surface area contributed by atoms with Crippen LogP contribution < -0.4 is 5.32 Å². The molecule has 2 aromatic rings.